The van der Waals surface area contributed by atoms with Crippen LogP contribution in [-0.4, -0.2) is 34.9 Å². The number of benzene rings is 1. The van der Waals surface area contributed by atoms with Crippen molar-refractivity contribution in [2.75, 3.05) is 6.54 Å². The molecule has 2 aromatic rings. The zero-order chi connectivity index (χ0) is 15.6. The average Bonchev–Trinajstić information content (AvgIpc) is 2.96. The van der Waals surface area contributed by atoms with E-state index in [1.807, 2.05) is 18.2 Å². The minimum Gasteiger partial charge on any atom is -0.339 e. The number of aryl methyl sites for hydroxylation is 1. The van der Waals surface area contributed by atoms with Gasteiger partial charge in [-0.1, -0.05) is 36.8 Å². The van der Waals surface area contributed by atoms with Gasteiger partial charge in [-0.15, -0.1) is 0 Å². The molecule has 0 bridgehead atoms. The zero-order valence-corrected chi connectivity index (χ0v) is 13.5. The van der Waals surface area contributed by atoms with Gasteiger partial charge in [0.15, 0.2) is 5.03 Å². The number of imidazole rings is 1. The molecule has 118 valence electrons. The molecule has 0 radical (unpaired) electrons. The van der Waals surface area contributed by atoms with Crippen molar-refractivity contribution >= 4 is 10.0 Å². The van der Waals surface area contributed by atoms with Crippen LogP contribution in [0.5, 0.6) is 0 Å². The zero-order valence-electron chi connectivity index (χ0n) is 12.7. The van der Waals surface area contributed by atoms with Crippen LogP contribution in [0.15, 0.2) is 47.9 Å². The molecule has 2 heterocycles. The summed E-state index contributed by atoms with van der Waals surface area (Å²) in [6.45, 7) is 0.580. The van der Waals surface area contributed by atoms with Gasteiger partial charge in [-0.05, 0) is 24.8 Å². The molecule has 1 aromatic carbocycles. The van der Waals surface area contributed by atoms with Gasteiger partial charge in [-0.3, -0.25) is 0 Å². The summed E-state index contributed by atoms with van der Waals surface area (Å²) in [5.74, 6) is 0. The Labute approximate surface area is 131 Å². The summed E-state index contributed by atoms with van der Waals surface area (Å²) in [7, 11) is -1.73. The second-order valence-electron chi connectivity index (χ2n) is 5.83. The molecular formula is C16H21N3O2S. The summed E-state index contributed by atoms with van der Waals surface area (Å²) in [6, 6.07) is 10.1. The van der Waals surface area contributed by atoms with Crippen LogP contribution in [0.1, 0.15) is 24.8 Å². The predicted molar refractivity (Wildman–Crippen MR) is 84.9 cm³/mol. The van der Waals surface area contributed by atoms with Crippen LogP contribution in [0.3, 0.4) is 0 Å². The van der Waals surface area contributed by atoms with Crippen molar-refractivity contribution in [1.29, 1.82) is 0 Å². The van der Waals surface area contributed by atoms with Crippen molar-refractivity contribution in [3.8, 4) is 0 Å². The van der Waals surface area contributed by atoms with Gasteiger partial charge in [-0.2, -0.15) is 4.31 Å². The van der Waals surface area contributed by atoms with Crippen molar-refractivity contribution in [1.82, 2.24) is 13.9 Å². The lowest BCUT2D eigenvalue weighted by molar-refractivity contribution is 0.250. The molecule has 1 fully saturated rings. The van der Waals surface area contributed by atoms with Gasteiger partial charge in [-0.25, -0.2) is 13.4 Å². The molecule has 5 nitrogen and oxygen atoms in total. The standard InChI is InChI=1S/C16H21N3O2S/c1-18-12-16(17-13-18)22(20,21)19-10-6-5-9-15(19)11-14-7-3-2-4-8-14/h2-4,7-8,12-13,15H,5-6,9-11H2,1H3. The summed E-state index contributed by atoms with van der Waals surface area (Å²) >= 11 is 0. The highest BCUT2D eigenvalue weighted by Gasteiger charge is 2.34. The van der Waals surface area contributed by atoms with E-state index in [1.165, 1.54) is 11.9 Å². The van der Waals surface area contributed by atoms with Crippen LogP contribution in [0.4, 0.5) is 0 Å². The highest BCUT2D eigenvalue weighted by Crippen LogP contribution is 2.26. The third-order valence-electron chi connectivity index (χ3n) is 4.14. The summed E-state index contributed by atoms with van der Waals surface area (Å²) in [5.41, 5.74) is 1.18. The van der Waals surface area contributed by atoms with Crippen LogP contribution >= 0.6 is 0 Å². The third kappa shape index (κ3) is 3.08. The van der Waals surface area contributed by atoms with Crippen molar-refractivity contribution in [3.63, 3.8) is 0 Å². The highest BCUT2D eigenvalue weighted by molar-refractivity contribution is 7.89. The van der Waals surface area contributed by atoms with E-state index in [9.17, 15) is 8.42 Å². The Hall–Kier alpha value is -1.66. The molecule has 1 atom stereocenters. The lowest BCUT2D eigenvalue weighted by atomic mass is 9.98. The first-order chi connectivity index (χ1) is 10.6. The molecule has 22 heavy (non-hydrogen) atoms. The Morgan fingerprint density at radius 2 is 2.00 bits per heavy atom. The van der Waals surface area contributed by atoms with E-state index < -0.39 is 10.0 Å². The molecule has 1 unspecified atom stereocenters. The van der Waals surface area contributed by atoms with Gasteiger partial charge in [0.05, 0.1) is 6.33 Å². The minimum absolute atomic E-state index is 0.0168. The topological polar surface area (TPSA) is 55.2 Å². The number of hydrogen-bond acceptors (Lipinski definition) is 3. The van der Waals surface area contributed by atoms with Crippen LogP contribution in [0, 0.1) is 0 Å². The fourth-order valence-electron chi connectivity index (χ4n) is 3.02. The number of nitrogens with zero attached hydrogens (tertiary/aromatic N) is 3. The SMILES string of the molecule is Cn1cnc(S(=O)(=O)N2CCCCC2Cc2ccccc2)c1. The Morgan fingerprint density at radius 1 is 1.23 bits per heavy atom. The fraction of sp³-hybridized carbons (Fsp3) is 0.438. The lowest BCUT2D eigenvalue weighted by Gasteiger charge is -2.34. The van der Waals surface area contributed by atoms with Crippen LogP contribution in [0.25, 0.3) is 0 Å². The van der Waals surface area contributed by atoms with E-state index in [2.05, 4.69) is 17.1 Å². The van der Waals surface area contributed by atoms with E-state index in [4.69, 9.17) is 0 Å². The first-order valence-electron chi connectivity index (χ1n) is 7.61. The van der Waals surface area contributed by atoms with Gasteiger partial charge in [0.25, 0.3) is 10.0 Å². The first kappa shape index (κ1) is 15.2. The van der Waals surface area contributed by atoms with E-state index in [0.29, 0.717) is 6.54 Å². The van der Waals surface area contributed by atoms with Gasteiger partial charge in [0.1, 0.15) is 0 Å². The molecule has 6 heteroatoms. The smallest absolute Gasteiger partial charge is 0.262 e. The molecular weight excluding hydrogens is 298 g/mol. The van der Waals surface area contributed by atoms with E-state index >= 15 is 0 Å². The second kappa shape index (κ2) is 6.22. The van der Waals surface area contributed by atoms with Gasteiger partial charge in [0.2, 0.25) is 0 Å². The van der Waals surface area contributed by atoms with Gasteiger partial charge >= 0.3 is 0 Å². The Bertz CT molecular complexity index is 725. The summed E-state index contributed by atoms with van der Waals surface area (Å²) in [4.78, 5) is 4.04. The van der Waals surface area contributed by atoms with Crippen molar-refractivity contribution in [2.24, 2.45) is 7.05 Å². The summed E-state index contributed by atoms with van der Waals surface area (Å²) < 4.78 is 29.0. The van der Waals surface area contributed by atoms with Crippen LogP contribution in [0.2, 0.25) is 0 Å². The van der Waals surface area contributed by atoms with Crippen LogP contribution in [-0.2, 0) is 23.5 Å². The number of piperidine rings is 1. The molecule has 0 N–H and O–H groups in total. The normalized spacial score (nSPS) is 20.1. The number of hydrogen-bond donors (Lipinski definition) is 0. The molecule has 1 aliphatic rings. The van der Waals surface area contributed by atoms with Crippen molar-refractivity contribution in [3.05, 3.63) is 48.4 Å². The lowest BCUT2D eigenvalue weighted by Crippen LogP contribution is -2.44. The maximum atomic E-state index is 12.9. The van der Waals surface area contributed by atoms with Crippen molar-refractivity contribution in [2.45, 2.75) is 36.8 Å². The predicted octanol–water partition coefficient (Wildman–Crippen LogP) is 2.21. The second-order valence-corrected chi connectivity index (χ2v) is 7.67. The Kier molecular flexibility index (Phi) is 4.31. The largest absolute Gasteiger partial charge is 0.339 e. The Balaban J connectivity index is 1.86. The minimum atomic E-state index is -3.51. The van der Waals surface area contributed by atoms with Gasteiger partial charge < -0.3 is 4.57 Å². The molecule has 3 rings (SSSR count). The molecule has 1 aromatic heterocycles. The first-order valence-corrected chi connectivity index (χ1v) is 9.05. The number of rotatable bonds is 4. The molecule has 1 saturated heterocycles. The third-order valence-corrected chi connectivity index (χ3v) is 5.98. The summed E-state index contributed by atoms with van der Waals surface area (Å²) in [5, 5.41) is 0.148. The maximum Gasteiger partial charge on any atom is 0.262 e. The van der Waals surface area contributed by atoms with Crippen LogP contribution < -0.4 is 0 Å². The molecule has 0 saturated carbocycles. The quantitative estimate of drug-likeness (QED) is 0.868. The number of sulfonamides is 1. The van der Waals surface area contributed by atoms with E-state index in [1.54, 1.807) is 22.1 Å². The molecule has 1 aliphatic heterocycles. The molecule has 0 aliphatic carbocycles. The fourth-order valence-corrected chi connectivity index (χ4v) is 4.68. The number of aromatic nitrogens is 2. The summed E-state index contributed by atoms with van der Waals surface area (Å²) in [6.07, 6.45) is 6.75. The monoisotopic (exact) mass is 319 g/mol. The van der Waals surface area contributed by atoms with Crippen molar-refractivity contribution < 1.29 is 8.42 Å². The Morgan fingerprint density at radius 3 is 2.68 bits per heavy atom. The molecule has 0 spiro atoms. The van der Waals surface area contributed by atoms with E-state index in [0.717, 1.165) is 25.7 Å². The van der Waals surface area contributed by atoms with E-state index in [-0.39, 0.29) is 11.1 Å². The molecule has 0 amide bonds. The highest BCUT2D eigenvalue weighted by atomic mass is 32.2. The maximum absolute atomic E-state index is 12.9. The van der Waals surface area contributed by atoms with Gasteiger partial charge in [0, 0.05) is 25.8 Å². The average molecular weight is 319 g/mol.